The van der Waals surface area contributed by atoms with Crippen molar-refractivity contribution in [3.63, 3.8) is 0 Å². The van der Waals surface area contributed by atoms with Crippen LogP contribution in [0, 0.1) is 0 Å². The molecule has 0 fully saturated rings. The first-order valence-corrected chi connectivity index (χ1v) is 6.77. The van der Waals surface area contributed by atoms with Crippen LogP contribution in [-0.2, 0) is 11.3 Å². The fourth-order valence-electron chi connectivity index (χ4n) is 1.63. The molecule has 0 bridgehead atoms. The number of hydrogen-bond acceptors (Lipinski definition) is 3. The third-order valence-corrected chi connectivity index (χ3v) is 3.26. The Labute approximate surface area is 119 Å². The Balaban J connectivity index is 2.47. The standard InChI is InChI=1S/C14H21ClN2O2/c1-4-10(2)17-14(18)9-16-8-11-12(15)6-5-7-13(11)19-3/h5-7,10,16H,4,8-9H2,1-3H3,(H,17,18). The molecule has 1 aromatic rings. The Kier molecular flexibility index (Phi) is 6.67. The zero-order chi connectivity index (χ0) is 14.3. The predicted octanol–water partition coefficient (Wildman–Crippen LogP) is 2.35. The number of benzene rings is 1. The maximum Gasteiger partial charge on any atom is 0.234 e. The predicted molar refractivity (Wildman–Crippen MR) is 77.6 cm³/mol. The molecule has 0 aromatic heterocycles. The number of amides is 1. The lowest BCUT2D eigenvalue weighted by Gasteiger charge is -2.13. The fourth-order valence-corrected chi connectivity index (χ4v) is 1.86. The van der Waals surface area contributed by atoms with Crippen molar-refractivity contribution in [2.75, 3.05) is 13.7 Å². The highest BCUT2D eigenvalue weighted by Gasteiger charge is 2.09. The van der Waals surface area contributed by atoms with Crippen LogP contribution in [0.2, 0.25) is 5.02 Å². The van der Waals surface area contributed by atoms with E-state index in [1.165, 1.54) is 0 Å². The summed E-state index contributed by atoms with van der Waals surface area (Å²) >= 11 is 6.11. The van der Waals surface area contributed by atoms with Gasteiger partial charge >= 0.3 is 0 Å². The topological polar surface area (TPSA) is 50.4 Å². The first kappa shape index (κ1) is 15.8. The smallest absolute Gasteiger partial charge is 0.234 e. The average Bonchev–Trinajstić information content (AvgIpc) is 2.40. The van der Waals surface area contributed by atoms with Crippen LogP contribution in [0.5, 0.6) is 5.75 Å². The molecule has 1 atom stereocenters. The summed E-state index contributed by atoms with van der Waals surface area (Å²) in [5, 5.41) is 6.60. The number of ether oxygens (including phenoxy) is 1. The van der Waals surface area contributed by atoms with E-state index in [-0.39, 0.29) is 18.5 Å². The molecule has 1 unspecified atom stereocenters. The molecule has 0 aliphatic carbocycles. The van der Waals surface area contributed by atoms with Crippen molar-refractivity contribution < 1.29 is 9.53 Å². The second kappa shape index (κ2) is 8.02. The maximum atomic E-state index is 11.6. The number of methoxy groups -OCH3 is 1. The fraction of sp³-hybridized carbons (Fsp3) is 0.500. The van der Waals surface area contributed by atoms with E-state index in [1.807, 2.05) is 26.0 Å². The second-order valence-corrected chi connectivity index (χ2v) is 4.81. The Morgan fingerprint density at radius 2 is 2.21 bits per heavy atom. The van der Waals surface area contributed by atoms with Crippen molar-refractivity contribution in [3.8, 4) is 5.75 Å². The van der Waals surface area contributed by atoms with Gasteiger partial charge in [0.05, 0.1) is 13.7 Å². The van der Waals surface area contributed by atoms with E-state index in [0.717, 1.165) is 17.7 Å². The van der Waals surface area contributed by atoms with E-state index < -0.39 is 0 Å². The van der Waals surface area contributed by atoms with Crippen molar-refractivity contribution >= 4 is 17.5 Å². The minimum absolute atomic E-state index is 0.0135. The molecule has 5 heteroatoms. The summed E-state index contributed by atoms with van der Waals surface area (Å²) in [6.07, 6.45) is 0.921. The molecule has 1 amide bonds. The van der Waals surface area contributed by atoms with Crippen LogP contribution in [-0.4, -0.2) is 25.6 Å². The molecular formula is C14H21ClN2O2. The van der Waals surface area contributed by atoms with Crippen molar-refractivity contribution in [2.45, 2.75) is 32.9 Å². The number of rotatable bonds is 7. The van der Waals surface area contributed by atoms with Gasteiger partial charge in [0.15, 0.2) is 0 Å². The molecule has 19 heavy (non-hydrogen) atoms. The van der Waals surface area contributed by atoms with Gasteiger partial charge in [-0.05, 0) is 25.5 Å². The van der Waals surface area contributed by atoms with E-state index in [1.54, 1.807) is 13.2 Å². The first-order chi connectivity index (χ1) is 9.08. The van der Waals surface area contributed by atoms with Gasteiger partial charge in [-0.25, -0.2) is 0 Å². The van der Waals surface area contributed by atoms with Gasteiger partial charge in [0.2, 0.25) is 5.91 Å². The molecule has 4 nitrogen and oxygen atoms in total. The Bertz CT molecular complexity index is 424. The van der Waals surface area contributed by atoms with Gasteiger partial charge in [-0.3, -0.25) is 4.79 Å². The average molecular weight is 285 g/mol. The number of carbonyl (C=O) groups is 1. The number of carbonyl (C=O) groups excluding carboxylic acids is 1. The molecule has 1 aromatic carbocycles. The van der Waals surface area contributed by atoms with E-state index in [2.05, 4.69) is 10.6 Å². The van der Waals surface area contributed by atoms with Crippen molar-refractivity contribution in [3.05, 3.63) is 28.8 Å². The van der Waals surface area contributed by atoms with Crippen LogP contribution in [0.4, 0.5) is 0 Å². The van der Waals surface area contributed by atoms with Gasteiger partial charge in [-0.1, -0.05) is 24.6 Å². The van der Waals surface area contributed by atoms with Crippen molar-refractivity contribution in [1.82, 2.24) is 10.6 Å². The summed E-state index contributed by atoms with van der Waals surface area (Å²) in [5.41, 5.74) is 0.864. The van der Waals surface area contributed by atoms with Crippen LogP contribution in [0.1, 0.15) is 25.8 Å². The monoisotopic (exact) mass is 284 g/mol. The van der Waals surface area contributed by atoms with Crippen LogP contribution in [0.3, 0.4) is 0 Å². The van der Waals surface area contributed by atoms with Crippen molar-refractivity contribution in [2.24, 2.45) is 0 Å². The van der Waals surface area contributed by atoms with Gasteiger partial charge in [0, 0.05) is 23.2 Å². The first-order valence-electron chi connectivity index (χ1n) is 6.40. The number of nitrogens with one attached hydrogen (secondary N) is 2. The van der Waals surface area contributed by atoms with Gasteiger partial charge in [0.25, 0.3) is 0 Å². The number of halogens is 1. The lowest BCUT2D eigenvalue weighted by Crippen LogP contribution is -2.38. The number of hydrogen-bond donors (Lipinski definition) is 2. The summed E-state index contributed by atoms with van der Waals surface area (Å²) in [6, 6.07) is 5.69. The highest BCUT2D eigenvalue weighted by Crippen LogP contribution is 2.25. The third kappa shape index (κ3) is 5.09. The molecule has 0 aliphatic heterocycles. The molecule has 2 N–H and O–H groups in total. The summed E-state index contributed by atoms with van der Waals surface area (Å²) in [7, 11) is 1.60. The van der Waals surface area contributed by atoms with E-state index >= 15 is 0 Å². The summed E-state index contributed by atoms with van der Waals surface area (Å²) in [6.45, 7) is 4.78. The largest absolute Gasteiger partial charge is 0.496 e. The summed E-state index contributed by atoms with van der Waals surface area (Å²) < 4.78 is 5.24. The lowest BCUT2D eigenvalue weighted by molar-refractivity contribution is -0.120. The van der Waals surface area contributed by atoms with Crippen LogP contribution >= 0.6 is 11.6 Å². The molecule has 0 heterocycles. The Hall–Kier alpha value is -1.26. The molecule has 1 rings (SSSR count). The molecule has 0 spiro atoms. The molecule has 0 radical (unpaired) electrons. The van der Waals surface area contributed by atoms with E-state index in [0.29, 0.717) is 11.6 Å². The summed E-state index contributed by atoms with van der Waals surface area (Å²) in [5.74, 6) is 0.711. The van der Waals surface area contributed by atoms with Crippen LogP contribution in [0.15, 0.2) is 18.2 Å². The van der Waals surface area contributed by atoms with Gasteiger partial charge in [-0.2, -0.15) is 0 Å². The molecule has 106 valence electrons. The van der Waals surface area contributed by atoms with E-state index in [4.69, 9.17) is 16.3 Å². The van der Waals surface area contributed by atoms with Gasteiger partial charge in [-0.15, -0.1) is 0 Å². The zero-order valence-corrected chi connectivity index (χ0v) is 12.4. The lowest BCUT2D eigenvalue weighted by atomic mass is 10.2. The van der Waals surface area contributed by atoms with Crippen LogP contribution < -0.4 is 15.4 Å². The normalized spacial score (nSPS) is 12.0. The van der Waals surface area contributed by atoms with Crippen LogP contribution in [0.25, 0.3) is 0 Å². The zero-order valence-electron chi connectivity index (χ0n) is 11.6. The minimum atomic E-state index is -0.0135. The van der Waals surface area contributed by atoms with E-state index in [9.17, 15) is 4.79 Å². The quantitative estimate of drug-likeness (QED) is 0.808. The highest BCUT2D eigenvalue weighted by atomic mass is 35.5. The second-order valence-electron chi connectivity index (χ2n) is 4.40. The molecule has 0 saturated carbocycles. The maximum absolute atomic E-state index is 11.6. The minimum Gasteiger partial charge on any atom is -0.496 e. The SMILES string of the molecule is CCC(C)NC(=O)CNCc1c(Cl)cccc1OC. The highest BCUT2D eigenvalue weighted by molar-refractivity contribution is 6.31. The van der Waals surface area contributed by atoms with Gasteiger partial charge < -0.3 is 15.4 Å². The Morgan fingerprint density at radius 3 is 2.84 bits per heavy atom. The van der Waals surface area contributed by atoms with Crippen molar-refractivity contribution in [1.29, 1.82) is 0 Å². The molecule has 0 aliphatic rings. The summed E-state index contributed by atoms with van der Waals surface area (Å²) in [4.78, 5) is 11.6. The third-order valence-electron chi connectivity index (χ3n) is 2.90. The van der Waals surface area contributed by atoms with Gasteiger partial charge in [0.1, 0.15) is 5.75 Å². The molecule has 0 saturated heterocycles. The molecular weight excluding hydrogens is 264 g/mol. The Morgan fingerprint density at radius 1 is 1.47 bits per heavy atom.